The monoisotopic (exact) mass is 394 g/mol. The lowest BCUT2D eigenvalue weighted by Gasteiger charge is -2.28. The molecular formula is C23H22O6. The van der Waals surface area contributed by atoms with Gasteiger partial charge in [-0.3, -0.25) is 4.79 Å². The molecule has 2 aromatic carbocycles. The van der Waals surface area contributed by atoms with Crippen molar-refractivity contribution in [2.75, 3.05) is 0 Å². The second-order valence-electron chi connectivity index (χ2n) is 8.40. The van der Waals surface area contributed by atoms with Gasteiger partial charge in [0, 0.05) is 28.7 Å². The SMILES string of the molecule is C=CC(C)(C)c1c(O)cc2oc3cc(O)c4c(c3c(=O)c2c1O)C=CC(C)(C)O4. The molecule has 2 heterocycles. The molecule has 150 valence electrons. The van der Waals surface area contributed by atoms with Gasteiger partial charge in [0.2, 0.25) is 5.43 Å². The molecule has 0 unspecified atom stereocenters. The third-order valence-electron chi connectivity index (χ3n) is 5.35. The van der Waals surface area contributed by atoms with Gasteiger partial charge in [-0.2, -0.15) is 0 Å². The summed E-state index contributed by atoms with van der Waals surface area (Å²) in [7, 11) is 0. The van der Waals surface area contributed by atoms with Crippen LogP contribution >= 0.6 is 0 Å². The number of aromatic hydroxyl groups is 3. The Bertz CT molecular complexity index is 1290. The Morgan fingerprint density at radius 1 is 1.07 bits per heavy atom. The van der Waals surface area contributed by atoms with E-state index in [1.807, 2.05) is 13.8 Å². The summed E-state index contributed by atoms with van der Waals surface area (Å²) < 4.78 is 11.6. The molecule has 0 fully saturated rings. The van der Waals surface area contributed by atoms with Crippen LogP contribution in [0.3, 0.4) is 0 Å². The highest BCUT2D eigenvalue weighted by molar-refractivity contribution is 6.00. The summed E-state index contributed by atoms with van der Waals surface area (Å²) in [5.41, 5.74) is -1.21. The molecular weight excluding hydrogens is 372 g/mol. The summed E-state index contributed by atoms with van der Waals surface area (Å²) in [6.45, 7) is 10.9. The van der Waals surface area contributed by atoms with Gasteiger partial charge in [-0.15, -0.1) is 6.58 Å². The standard InChI is InChI=1S/C23H22O6/c1-6-22(2,3)18-12(24)9-15-17(20(18)27)19(26)16-11-7-8-23(4,5)29-21(11)13(25)10-14(16)28-15/h6-10,24-25,27H,1H2,2-5H3. The minimum Gasteiger partial charge on any atom is -0.507 e. The van der Waals surface area contributed by atoms with Crippen LogP contribution in [-0.4, -0.2) is 20.9 Å². The summed E-state index contributed by atoms with van der Waals surface area (Å²) in [5.74, 6) is -0.551. The van der Waals surface area contributed by atoms with Crippen LogP contribution in [0.4, 0.5) is 0 Å². The predicted octanol–water partition coefficient (Wildman–Crippen LogP) is 4.71. The van der Waals surface area contributed by atoms with Gasteiger partial charge in [0.05, 0.1) is 5.39 Å². The van der Waals surface area contributed by atoms with Gasteiger partial charge < -0.3 is 24.5 Å². The smallest absolute Gasteiger partial charge is 0.205 e. The summed E-state index contributed by atoms with van der Waals surface area (Å²) in [4.78, 5) is 13.4. The second kappa shape index (κ2) is 5.80. The van der Waals surface area contributed by atoms with Crippen LogP contribution in [0.2, 0.25) is 0 Å². The van der Waals surface area contributed by atoms with Crippen molar-refractivity contribution in [3.05, 3.63) is 52.2 Å². The van der Waals surface area contributed by atoms with Crippen molar-refractivity contribution < 1.29 is 24.5 Å². The molecule has 3 N–H and O–H groups in total. The van der Waals surface area contributed by atoms with E-state index in [4.69, 9.17) is 9.15 Å². The maximum Gasteiger partial charge on any atom is 0.205 e. The lowest BCUT2D eigenvalue weighted by Crippen LogP contribution is -2.28. The van der Waals surface area contributed by atoms with Crippen molar-refractivity contribution in [2.24, 2.45) is 0 Å². The Morgan fingerprint density at radius 3 is 2.34 bits per heavy atom. The molecule has 0 atom stereocenters. The molecule has 0 saturated heterocycles. The zero-order chi connectivity index (χ0) is 21.3. The average Bonchev–Trinajstić information content (AvgIpc) is 2.60. The van der Waals surface area contributed by atoms with E-state index in [0.717, 1.165) is 0 Å². The highest BCUT2D eigenvalue weighted by atomic mass is 16.5. The third-order valence-corrected chi connectivity index (χ3v) is 5.35. The lowest BCUT2D eigenvalue weighted by molar-refractivity contribution is 0.153. The zero-order valence-corrected chi connectivity index (χ0v) is 16.7. The number of ether oxygens (including phenoxy) is 1. The predicted molar refractivity (Wildman–Crippen MR) is 112 cm³/mol. The molecule has 3 aromatic rings. The Morgan fingerprint density at radius 2 is 1.69 bits per heavy atom. The van der Waals surface area contributed by atoms with Gasteiger partial charge in [0.1, 0.15) is 33.7 Å². The van der Waals surface area contributed by atoms with E-state index < -0.39 is 16.4 Å². The number of hydrogen-bond acceptors (Lipinski definition) is 6. The Labute approximate surface area is 167 Å². The quantitative estimate of drug-likeness (QED) is 0.430. The van der Waals surface area contributed by atoms with E-state index in [-0.39, 0.29) is 50.5 Å². The fourth-order valence-corrected chi connectivity index (χ4v) is 3.72. The normalized spacial score (nSPS) is 15.3. The van der Waals surface area contributed by atoms with Gasteiger partial charge in [-0.25, -0.2) is 0 Å². The molecule has 6 heteroatoms. The summed E-state index contributed by atoms with van der Waals surface area (Å²) in [6, 6.07) is 2.60. The van der Waals surface area contributed by atoms with Crippen LogP contribution < -0.4 is 10.2 Å². The average molecular weight is 394 g/mol. The highest BCUT2D eigenvalue weighted by Gasteiger charge is 2.31. The van der Waals surface area contributed by atoms with Crippen LogP contribution in [0.1, 0.15) is 38.8 Å². The van der Waals surface area contributed by atoms with E-state index in [2.05, 4.69) is 6.58 Å². The van der Waals surface area contributed by atoms with Crippen LogP contribution in [0.15, 0.2) is 40.1 Å². The van der Waals surface area contributed by atoms with Crippen LogP contribution in [0, 0.1) is 0 Å². The van der Waals surface area contributed by atoms with Crippen LogP contribution in [-0.2, 0) is 5.41 Å². The lowest BCUT2D eigenvalue weighted by atomic mass is 9.82. The number of allylic oxidation sites excluding steroid dienone is 1. The Balaban J connectivity index is 2.19. The van der Waals surface area contributed by atoms with E-state index in [1.165, 1.54) is 12.1 Å². The zero-order valence-electron chi connectivity index (χ0n) is 16.7. The minimum atomic E-state index is -0.787. The minimum absolute atomic E-state index is 0.0153. The van der Waals surface area contributed by atoms with E-state index in [1.54, 1.807) is 32.1 Å². The van der Waals surface area contributed by atoms with Crippen molar-refractivity contribution in [2.45, 2.75) is 38.7 Å². The molecule has 0 bridgehead atoms. The van der Waals surface area contributed by atoms with Crippen molar-refractivity contribution in [3.8, 4) is 23.0 Å². The van der Waals surface area contributed by atoms with Crippen molar-refractivity contribution in [1.82, 2.24) is 0 Å². The first-order chi connectivity index (χ1) is 13.5. The Kier molecular flexibility index (Phi) is 3.78. The van der Waals surface area contributed by atoms with Crippen LogP contribution in [0.5, 0.6) is 23.0 Å². The number of benzene rings is 2. The molecule has 0 aliphatic carbocycles. The summed E-state index contributed by atoms with van der Waals surface area (Å²) in [6.07, 6.45) is 5.06. The molecule has 0 radical (unpaired) electrons. The van der Waals surface area contributed by atoms with Gasteiger partial charge >= 0.3 is 0 Å². The van der Waals surface area contributed by atoms with Crippen molar-refractivity contribution in [1.29, 1.82) is 0 Å². The van der Waals surface area contributed by atoms with Crippen molar-refractivity contribution in [3.63, 3.8) is 0 Å². The van der Waals surface area contributed by atoms with Gasteiger partial charge in [-0.05, 0) is 19.9 Å². The number of hydrogen-bond donors (Lipinski definition) is 3. The molecule has 0 amide bonds. The largest absolute Gasteiger partial charge is 0.507 e. The molecule has 4 rings (SSSR count). The number of fused-ring (bicyclic) bond motifs is 4. The molecule has 1 aliphatic heterocycles. The van der Waals surface area contributed by atoms with Gasteiger partial charge in [0.25, 0.3) is 0 Å². The van der Waals surface area contributed by atoms with E-state index in [9.17, 15) is 20.1 Å². The summed E-state index contributed by atoms with van der Waals surface area (Å²) in [5, 5.41) is 31.9. The van der Waals surface area contributed by atoms with Gasteiger partial charge in [-0.1, -0.05) is 26.0 Å². The first-order valence-corrected chi connectivity index (χ1v) is 9.20. The fourth-order valence-electron chi connectivity index (χ4n) is 3.72. The maximum absolute atomic E-state index is 13.4. The molecule has 1 aliphatic rings. The van der Waals surface area contributed by atoms with Crippen LogP contribution in [0.25, 0.3) is 28.0 Å². The molecule has 29 heavy (non-hydrogen) atoms. The molecule has 0 spiro atoms. The molecule has 1 aromatic heterocycles. The number of phenolic OH excluding ortho intramolecular Hbond substituents is 3. The first kappa shape index (κ1) is 18.9. The third kappa shape index (κ3) is 2.67. The fraction of sp³-hybridized carbons (Fsp3) is 0.261. The van der Waals surface area contributed by atoms with E-state index in [0.29, 0.717) is 5.56 Å². The first-order valence-electron chi connectivity index (χ1n) is 9.20. The van der Waals surface area contributed by atoms with E-state index >= 15 is 0 Å². The molecule has 0 saturated carbocycles. The second-order valence-corrected chi connectivity index (χ2v) is 8.40. The number of phenols is 3. The highest BCUT2D eigenvalue weighted by Crippen LogP contribution is 2.46. The molecule has 6 nitrogen and oxygen atoms in total. The number of rotatable bonds is 2. The maximum atomic E-state index is 13.4. The van der Waals surface area contributed by atoms with Gasteiger partial charge in [0.15, 0.2) is 11.5 Å². The Hall–Kier alpha value is -3.41. The summed E-state index contributed by atoms with van der Waals surface area (Å²) >= 11 is 0. The van der Waals surface area contributed by atoms with Crippen molar-refractivity contribution >= 4 is 28.0 Å². The topological polar surface area (TPSA) is 100 Å².